The van der Waals surface area contributed by atoms with Crippen LogP contribution in [0.2, 0.25) is 0 Å². The van der Waals surface area contributed by atoms with Crippen LogP contribution in [0, 0.1) is 0 Å². The average Bonchev–Trinajstić information content (AvgIpc) is 1.89. The lowest BCUT2D eigenvalue weighted by Gasteiger charge is -2.17. The van der Waals surface area contributed by atoms with Gasteiger partial charge in [-0.3, -0.25) is 0 Å². The second-order valence-corrected chi connectivity index (χ2v) is 2.44. The summed E-state index contributed by atoms with van der Waals surface area (Å²) >= 11 is 0. The first-order chi connectivity index (χ1) is 4.34. The predicted molar refractivity (Wildman–Crippen MR) is 42.9 cm³/mol. The maximum absolute atomic E-state index is 8.37. The Hall–Kier alpha value is -0.280. The summed E-state index contributed by atoms with van der Waals surface area (Å²) in [5.41, 5.74) is 6.36. The summed E-state index contributed by atoms with van der Waals surface area (Å²) in [7, 11) is 0. The molecular weight excluding hydrogens is 152 g/mol. The van der Waals surface area contributed by atoms with Crippen molar-refractivity contribution in [3.8, 4) is 0 Å². The fourth-order valence-electron chi connectivity index (χ4n) is 1.15. The number of oxime groups is 1. The molecule has 0 aromatic heterocycles. The van der Waals surface area contributed by atoms with Crippen molar-refractivity contribution in [2.24, 2.45) is 10.9 Å². The van der Waals surface area contributed by atoms with Gasteiger partial charge in [0.25, 0.3) is 0 Å². The van der Waals surface area contributed by atoms with E-state index in [1.807, 2.05) is 0 Å². The summed E-state index contributed by atoms with van der Waals surface area (Å²) in [5, 5.41) is 11.5. The van der Waals surface area contributed by atoms with Gasteiger partial charge in [-0.1, -0.05) is 11.6 Å². The molecule has 1 aliphatic carbocycles. The van der Waals surface area contributed by atoms with Crippen LogP contribution >= 0.6 is 12.4 Å². The summed E-state index contributed by atoms with van der Waals surface area (Å²) < 4.78 is 0. The van der Waals surface area contributed by atoms with Crippen molar-refractivity contribution in [2.75, 3.05) is 0 Å². The summed E-state index contributed by atoms with van der Waals surface area (Å²) in [6, 6.07) is 0.0174. The van der Waals surface area contributed by atoms with E-state index in [-0.39, 0.29) is 18.4 Å². The quantitative estimate of drug-likeness (QED) is 0.417. The number of rotatable bonds is 0. The van der Waals surface area contributed by atoms with Gasteiger partial charge in [0.1, 0.15) is 0 Å². The highest BCUT2D eigenvalue weighted by Gasteiger charge is 2.15. The summed E-state index contributed by atoms with van der Waals surface area (Å²) in [6.45, 7) is 0. The zero-order valence-corrected chi connectivity index (χ0v) is 6.60. The smallest absolute Gasteiger partial charge is 0.0737 e. The molecule has 1 atom stereocenters. The van der Waals surface area contributed by atoms with Crippen molar-refractivity contribution in [3.63, 3.8) is 0 Å². The molecular formula is C6H13ClN2O. The van der Waals surface area contributed by atoms with E-state index in [2.05, 4.69) is 5.16 Å². The topological polar surface area (TPSA) is 58.6 Å². The van der Waals surface area contributed by atoms with Gasteiger partial charge in [0.2, 0.25) is 0 Å². The van der Waals surface area contributed by atoms with Crippen LogP contribution < -0.4 is 5.73 Å². The number of nitrogens with zero attached hydrogens (tertiary/aromatic N) is 1. The second kappa shape index (κ2) is 4.52. The molecule has 60 valence electrons. The average molecular weight is 165 g/mol. The fraction of sp³-hybridized carbons (Fsp3) is 0.833. The largest absolute Gasteiger partial charge is 0.411 e. The van der Waals surface area contributed by atoms with Crippen molar-refractivity contribution in [3.05, 3.63) is 0 Å². The van der Waals surface area contributed by atoms with Crippen LogP contribution in [0.4, 0.5) is 0 Å². The molecule has 0 bridgehead atoms. The number of hydrogen-bond donors (Lipinski definition) is 2. The number of halogens is 1. The third-order valence-corrected chi connectivity index (χ3v) is 1.75. The Balaban J connectivity index is 0.000000810. The molecule has 0 spiro atoms. The zero-order valence-electron chi connectivity index (χ0n) is 5.79. The Morgan fingerprint density at radius 3 is 2.60 bits per heavy atom. The molecule has 1 fully saturated rings. The Kier molecular flexibility index (Phi) is 4.40. The van der Waals surface area contributed by atoms with Gasteiger partial charge in [-0.15, -0.1) is 12.4 Å². The lowest BCUT2D eigenvalue weighted by Crippen LogP contribution is -2.33. The molecule has 1 saturated carbocycles. The van der Waals surface area contributed by atoms with Crippen LogP contribution in [-0.2, 0) is 0 Å². The minimum Gasteiger partial charge on any atom is -0.411 e. The Bertz CT molecular complexity index is 127. The predicted octanol–water partition coefficient (Wildman–Crippen LogP) is 1.14. The third kappa shape index (κ3) is 2.15. The van der Waals surface area contributed by atoms with Gasteiger partial charge < -0.3 is 10.9 Å². The van der Waals surface area contributed by atoms with Crippen LogP contribution in [-0.4, -0.2) is 17.0 Å². The molecule has 0 radical (unpaired) electrons. The van der Waals surface area contributed by atoms with Crippen LogP contribution in [0.5, 0.6) is 0 Å². The first-order valence-corrected chi connectivity index (χ1v) is 3.31. The normalized spacial score (nSPS) is 29.7. The maximum Gasteiger partial charge on any atom is 0.0737 e. The van der Waals surface area contributed by atoms with Gasteiger partial charge in [0.05, 0.1) is 5.71 Å². The van der Waals surface area contributed by atoms with Crippen molar-refractivity contribution >= 4 is 18.1 Å². The molecule has 0 aromatic carbocycles. The van der Waals surface area contributed by atoms with Crippen molar-refractivity contribution in [1.82, 2.24) is 0 Å². The maximum atomic E-state index is 8.37. The van der Waals surface area contributed by atoms with Gasteiger partial charge in [-0.2, -0.15) is 0 Å². The van der Waals surface area contributed by atoms with E-state index < -0.39 is 0 Å². The standard InChI is InChI=1S/C6H12N2O.ClH/c7-5-3-1-2-4-6(5)8-9;/h5,9H,1-4,7H2;1H/b8-6+;. The Morgan fingerprint density at radius 1 is 1.50 bits per heavy atom. The van der Waals surface area contributed by atoms with Crippen LogP contribution in [0.15, 0.2) is 5.16 Å². The number of nitrogens with two attached hydrogens (primary N) is 1. The Morgan fingerprint density at radius 2 is 2.20 bits per heavy atom. The van der Waals surface area contributed by atoms with E-state index in [0.29, 0.717) is 0 Å². The minimum atomic E-state index is 0. The summed E-state index contributed by atoms with van der Waals surface area (Å²) in [6.07, 6.45) is 4.13. The summed E-state index contributed by atoms with van der Waals surface area (Å²) in [4.78, 5) is 0. The molecule has 0 amide bonds. The SMILES string of the molecule is Cl.NC1CCCC/C1=N\O. The zero-order chi connectivity index (χ0) is 6.69. The van der Waals surface area contributed by atoms with Gasteiger partial charge in [0.15, 0.2) is 0 Å². The van der Waals surface area contributed by atoms with Crippen molar-refractivity contribution < 1.29 is 5.21 Å². The van der Waals surface area contributed by atoms with Crippen LogP contribution in [0.3, 0.4) is 0 Å². The highest BCUT2D eigenvalue weighted by molar-refractivity contribution is 5.89. The lowest BCUT2D eigenvalue weighted by molar-refractivity contribution is 0.312. The van der Waals surface area contributed by atoms with Gasteiger partial charge in [-0.05, 0) is 19.3 Å². The molecule has 3 N–H and O–H groups in total. The molecule has 1 unspecified atom stereocenters. The molecule has 10 heavy (non-hydrogen) atoms. The first-order valence-electron chi connectivity index (χ1n) is 3.31. The van der Waals surface area contributed by atoms with Crippen molar-refractivity contribution in [2.45, 2.75) is 31.7 Å². The molecule has 1 aliphatic rings. The fourth-order valence-corrected chi connectivity index (χ4v) is 1.15. The number of hydrogen-bond acceptors (Lipinski definition) is 3. The van der Waals surface area contributed by atoms with E-state index in [1.165, 1.54) is 6.42 Å². The van der Waals surface area contributed by atoms with Crippen molar-refractivity contribution in [1.29, 1.82) is 0 Å². The van der Waals surface area contributed by atoms with E-state index in [0.717, 1.165) is 25.0 Å². The molecule has 0 aliphatic heterocycles. The summed E-state index contributed by atoms with van der Waals surface area (Å²) in [5.74, 6) is 0. The van der Waals surface area contributed by atoms with Crippen LogP contribution in [0.25, 0.3) is 0 Å². The van der Waals surface area contributed by atoms with E-state index >= 15 is 0 Å². The van der Waals surface area contributed by atoms with E-state index in [4.69, 9.17) is 10.9 Å². The molecule has 0 heterocycles. The monoisotopic (exact) mass is 164 g/mol. The highest BCUT2D eigenvalue weighted by Crippen LogP contribution is 2.13. The molecule has 4 heteroatoms. The van der Waals surface area contributed by atoms with Gasteiger partial charge >= 0.3 is 0 Å². The van der Waals surface area contributed by atoms with Gasteiger partial charge in [-0.25, -0.2) is 0 Å². The first kappa shape index (κ1) is 9.72. The van der Waals surface area contributed by atoms with E-state index in [9.17, 15) is 0 Å². The van der Waals surface area contributed by atoms with Gasteiger partial charge in [0, 0.05) is 6.04 Å². The Labute approximate surface area is 66.7 Å². The minimum absolute atomic E-state index is 0. The molecule has 0 saturated heterocycles. The highest BCUT2D eigenvalue weighted by atomic mass is 35.5. The third-order valence-electron chi connectivity index (χ3n) is 1.75. The molecule has 3 nitrogen and oxygen atoms in total. The van der Waals surface area contributed by atoms with Crippen LogP contribution in [0.1, 0.15) is 25.7 Å². The molecule has 0 aromatic rings. The second-order valence-electron chi connectivity index (χ2n) is 2.44. The lowest BCUT2D eigenvalue weighted by atomic mass is 9.94. The van der Waals surface area contributed by atoms with E-state index in [1.54, 1.807) is 0 Å². The molecule has 1 rings (SSSR count).